The van der Waals surface area contributed by atoms with Crippen molar-refractivity contribution in [1.29, 1.82) is 0 Å². The zero-order valence-electron chi connectivity index (χ0n) is 14.4. The number of hydrogen-bond acceptors (Lipinski definition) is 4. The predicted octanol–water partition coefficient (Wildman–Crippen LogP) is 4.29. The van der Waals surface area contributed by atoms with E-state index < -0.39 is 16.6 Å². The normalized spacial score (nSPS) is 13.8. The van der Waals surface area contributed by atoms with Crippen LogP contribution in [0.15, 0.2) is 12.1 Å². The monoisotopic (exact) mass is 346 g/mol. The maximum Gasteiger partial charge on any atom is 0.316 e. The lowest BCUT2D eigenvalue weighted by molar-refractivity contribution is 0.271. The average Bonchev–Trinajstić information content (AvgIpc) is 2.37. The lowest BCUT2D eigenvalue weighted by atomic mass is 10.1. The molecule has 22 heavy (non-hydrogen) atoms. The number of hydrogen-bond donors (Lipinski definition) is 1. The molecule has 0 saturated carbocycles. The Kier molecular flexibility index (Phi) is 6.27. The summed E-state index contributed by atoms with van der Waals surface area (Å²) in [6, 6.07) is 3.69. The first-order valence-corrected chi connectivity index (χ1v) is 11.4. The second-order valence-corrected chi connectivity index (χ2v) is 12.4. The van der Waals surface area contributed by atoms with Crippen molar-refractivity contribution in [2.24, 2.45) is 0 Å². The van der Waals surface area contributed by atoms with Gasteiger partial charge >= 0.3 is 8.25 Å². The summed E-state index contributed by atoms with van der Waals surface area (Å²) in [6.07, 6.45) is 0. The number of rotatable bonds is 6. The Morgan fingerprint density at radius 3 is 2.32 bits per heavy atom. The number of aryl methyl sites for hydroxylation is 1. The lowest BCUT2D eigenvalue weighted by Crippen LogP contribution is -2.44. The summed E-state index contributed by atoms with van der Waals surface area (Å²) in [5, 5.41) is 0.0863. The number of ether oxygens (including phenoxy) is 1. The molecule has 0 bridgehead atoms. The summed E-state index contributed by atoms with van der Waals surface area (Å²) in [5.41, 5.74) is 1.71. The van der Waals surface area contributed by atoms with Gasteiger partial charge in [0, 0.05) is 0 Å². The van der Waals surface area contributed by atoms with E-state index in [1.807, 2.05) is 13.0 Å². The van der Waals surface area contributed by atoms with E-state index in [0.717, 1.165) is 16.9 Å². The minimum absolute atomic E-state index is 0.0753. The Bertz CT molecular complexity index is 552. The number of methoxy groups -OCH3 is 1. The first-order chi connectivity index (χ1) is 9.98. The van der Waals surface area contributed by atoms with Gasteiger partial charge < -0.3 is 18.6 Å². The molecule has 0 saturated heterocycles. The third-order valence-corrected chi connectivity index (χ3v) is 8.76. The van der Waals surface area contributed by atoms with Crippen molar-refractivity contribution >= 4 is 16.6 Å². The summed E-state index contributed by atoms with van der Waals surface area (Å²) in [4.78, 5) is 8.78. The fourth-order valence-corrected chi connectivity index (χ4v) is 3.10. The van der Waals surface area contributed by atoms with Gasteiger partial charge in [0.25, 0.3) is 8.32 Å². The van der Waals surface area contributed by atoms with Gasteiger partial charge in [-0.05, 0) is 48.3 Å². The molecule has 0 aromatic heterocycles. The van der Waals surface area contributed by atoms with Gasteiger partial charge in [-0.3, -0.25) is 4.57 Å². The van der Waals surface area contributed by atoms with Gasteiger partial charge in [-0.2, -0.15) is 0 Å². The third kappa shape index (κ3) is 4.85. The van der Waals surface area contributed by atoms with E-state index in [2.05, 4.69) is 33.9 Å². The maximum absolute atomic E-state index is 10.7. The van der Waals surface area contributed by atoms with E-state index in [9.17, 15) is 4.57 Å². The third-order valence-electron chi connectivity index (χ3n) is 4.05. The largest absolute Gasteiger partial charge is 0.541 e. The molecule has 126 valence electrons. The van der Waals surface area contributed by atoms with Gasteiger partial charge in [-0.1, -0.05) is 20.8 Å². The maximum atomic E-state index is 10.7. The minimum Gasteiger partial charge on any atom is -0.541 e. The van der Waals surface area contributed by atoms with Gasteiger partial charge in [0.15, 0.2) is 5.75 Å². The summed E-state index contributed by atoms with van der Waals surface area (Å²) >= 11 is 0. The molecule has 0 aliphatic carbocycles. The van der Waals surface area contributed by atoms with Crippen LogP contribution >= 0.6 is 8.25 Å². The molecule has 1 aromatic carbocycles. The zero-order chi connectivity index (χ0) is 17.1. The highest BCUT2D eigenvalue weighted by Crippen LogP contribution is 2.42. The van der Waals surface area contributed by atoms with Crippen molar-refractivity contribution in [1.82, 2.24) is 0 Å². The van der Waals surface area contributed by atoms with Crippen molar-refractivity contribution in [3.8, 4) is 11.5 Å². The molecular formula is C15H27O5PSi. The zero-order valence-corrected chi connectivity index (χ0v) is 16.4. The fourth-order valence-electron chi connectivity index (χ4n) is 1.73. The molecule has 0 fully saturated rings. The Balaban J connectivity index is 3.13. The molecule has 1 N–H and O–H groups in total. The van der Waals surface area contributed by atoms with Crippen molar-refractivity contribution in [3.63, 3.8) is 0 Å². The highest BCUT2D eigenvalue weighted by Gasteiger charge is 2.39. The molecule has 0 spiro atoms. The van der Waals surface area contributed by atoms with E-state index in [0.29, 0.717) is 5.75 Å². The molecule has 0 aliphatic heterocycles. The van der Waals surface area contributed by atoms with Crippen molar-refractivity contribution < 1.29 is 23.1 Å². The van der Waals surface area contributed by atoms with Gasteiger partial charge in [-0.15, -0.1) is 0 Å². The summed E-state index contributed by atoms with van der Waals surface area (Å²) in [5.74, 6) is 1.37. The summed E-state index contributed by atoms with van der Waals surface area (Å²) in [6.45, 7) is 12.9. The van der Waals surface area contributed by atoms with Crippen molar-refractivity contribution in [2.75, 3.05) is 7.11 Å². The van der Waals surface area contributed by atoms with Crippen LogP contribution in [0, 0.1) is 6.92 Å². The Hall–Kier alpha value is -0.813. The molecule has 0 heterocycles. The second kappa shape index (κ2) is 7.17. The van der Waals surface area contributed by atoms with Crippen LogP contribution in [-0.4, -0.2) is 20.3 Å². The fraction of sp³-hybridized carbons (Fsp3) is 0.600. The smallest absolute Gasteiger partial charge is 0.316 e. The Morgan fingerprint density at radius 1 is 1.27 bits per heavy atom. The van der Waals surface area contributed by atoms with Crippen LogP contribution in [-0.2, 0) is 15.7 Å². The lowest BCUT2D eigenvalue weighted by Gasteiger charge is -2.37. The van der Waals surface area contributed by atoms with Gasteiger partial charge in [0.2, 0.25) is 0 Å². The van der Waals surface area contributed by atoms with Crippen LogP contribution in [0.4, 0.5) is 0 Å². The SMILES string of the molecule is COc1cc(CO[PH](=O)O)cc(C)c1O[Si](C)(C)C(C)(C)C. The van der Waals surface area contributed by atoms with E-state index in [1.54, 1.807) is 13.2 Å². The van der Waals surface area contributed by atoms with E-state index in [4.69, 9.17) is 18.6 Å². The van der Waals surface area contributed by atoms with Gasteiger partial charge in [0.1, 0.15) is 5.75 Å². The van der Waals surface area contributed by atoms with E-state index in [1.165, 1.54) is 0 Å². The quantitative estimate of drug-likeness (QED) is 0.615. The van der Waals surface area contributed by atoms with E-state index >= 15 is 0 Å². The molecule has 1 unspecified atom stereocenters. The van der Waals surface area contributed by atoms with Crippen LogP contribution in [0.2, 0.25) is 18.1 Å². The van der Waals surface area contributed by atoms with Crippen LogP contribution < -0.4 is 9.16 Å². The molecule has 1 atom stereocenters. The topological polar surface area (TPSA) is 65.0 Å². The highest BCUT2D eigenvalue weighted by molar-refractivity contribution is 7.32. The van der Waals surface area contributed by atoms with Crippen LogP contribution in [0.3, 0.4) is 0 Å². The molecule has 0 radical (unpaired) electrons. The van der Waals surface area contributed by atoms with Crippen molar-refractivity contribution in [2.45, 2.75) is 52.4 Å². The summed E-state index contributed by atoms with van der Waals surface area (Å²) in [7, 11) is -3.32. The van der Waals surface area contributed by atoms with Crippen LogP contribution in [0.25, 0.3) is 0 Å². The molecule has 1 rings (SSSR count). The molecule has 1 aromatic rings. The van der Waals surface area contributed by atoms with Crippen molar-refractivity contribution in [3.05, 3.63) is 23.3 Å². The van der Waals surface area contributed by atoms with Crippen LogP contribution in [0.5, 0.6) is 11.5 Å². The predicted molar refractivity (Wildman–Crippen MR) is 91.6 cm³/mol. The Morgan fingerprint density at radius 2 is 1.86 bits per heavy atom. The van der Waals surface area contributed by atoms with Gasteiger partial charge in [-0.25, -0.2) is 0 Å². The van der Waals surface area contributed by atoms with Crippen LogP contribution in [0.1, 0.15) is 31.9 Å². The van der Waals surface area contributed by atoms with E-state index in [-0.39, 0.29) is 11.6 Å². The molecule has 5 nitrogen and oxygen atoms in total. The molecule has 0 amide bonds. The first kappa shape index (κ1) is 19.2. The highest BCUT2D eigenvalue weighted by atomic mass is 31.1. The molecule has 0 aliphatic rings. The summed E-state index contributed by atoms with van der Waals surface area (Å²) < 4.78 is 27.3. The molecular weight excluding hydrogens is 319 g/mol. The standard InChI is InChI=1S/C15H27O5PSi/c1-11-8-12(10-19-21(16)17)9-13(18-5)14(11)20-22(6,7)15(2,3)4/h8-9,21H,10H2,1-7H3,(H,16,17). The first-order valence-electron chi connectivity index (χ1n) is 7.20. The minimum atomic E-state index is -2.94. The second-order valence-electron chi connectivity index (χ2n) is 6.86. The van der Waals surface area contributed by atoms with Gasteiger partial charge in [0.05, 0.1) is 13.7 Å². The molecule has 7 heteroatoms. The average molecular weight is 346 g/mol. The number of benzene rings is 1. The Labute approximate surface area is 134 Å².